The van der Waals surface area contributed by atoms with Gasteiger partial charge in [-0.15, -0.1) is 12.2 Å². The number of carbonyl (C=O) groups excluding carboxylic acids is 1. The van der Waals surface area contributed by atoms with Gasteiger partial charge in [0.2, 0.25) is 5.91 Å². The van der Waals surface area contributed by atoms with Crippen LogP contribution in [-0.4, -0.2) is 58.5 Å². The molecule has 22 heavy (non-hydrogen) atoms. The van der Waals surface area contributed by atoms with Crippen molar-refractivity contribution in [1.82, 2.24) is 5.32 Å². The van der Waals surface area contributed by atoms with Crippen LogP contribution < -0.4 is 5.32 Å². The van der Waals surface area contributed by atoms with Gasteiger partial charge in [-0.3, -0.25) is 4.79 Å². The predicted octanol–water partition coefficient (Wildman–Crippen LogP) is 0.205. The Labute approximate surface area is 136 Å². The van der Waals surface area contributed by atoms with Crippen molar-refractivity contribution in [2.75, 3.05) is 19.8 Å². The molecular weight excluding hydrogens is 333 g/mol. The van der Waals surface area contributed by atoms with Gasteiger partial charge in [-0.2, -0.15) is 0 Å². The van der Waals surface area contributed by atoms with Gasteiger partial charge < -0.3 is 35.0 Å². The van der Waals surface area contributed by atoms with Crippen LogP contribution in [0, 0.1) is 0 Å². The predicted molar refractivity (Wildman–Crippen MR) is 85.6 cm³/mol. The fraction of sp³-hybridized carbons (Fsp3) is 0.750. The minimum atomic E-state index is -1.59. The summed E-state index contributed by atoms with van der Waals surface area (Å²) in [5, 5.41) is 40.3. The largest absolute Gasteiger partial charge is 0.508 e. The number of hydrogen-bond donors (Lipinski definition) is 6. The number of thiol groups is 1. The molecule has 10 heteroatoms. The molecule has 0 rings (SSSR count). The molecule has 0 fully saturated rings. The minimum absolute atomic E-state index is 0.119. The molecule has 8 nitrogen and oxygen atoms in total. The van der Waals surface area contributed by atoms with Crippen molar-refractivity contribution in [1.29, 1.82) is 0 Å². The lowest BCUT2D eigenvalue weighted by Crippen LogP contribution is -2.34. The van der Waals surface area contributed by atoms with Crippen LogP contribution >= 0.6 is 20.3 Å². The third-order valence-electron chi connectivity index (χ3n) is 2.53. The first-order valence-electron chi connectivity index (χ1n) is 6.74. The quantitative estimate of drug-likeness (QED) is 0.0968. The van der Waals surface area contributed by atoms with Crippen molar-refractivity contribution in [3.8, 4) is 0 Å². The Morgan fingerprint density at radius 1 is 1.32 bits per heavy atom. The summed E-state index contributed by atoms with van der Waals surface area (Å²) in [6, 6.07) is 0. The van der Waals surface area contributed by atoms with Gasteiger partial charge in [0.25, 0.3) is 0 Å². The van der Waals surface area contributed by atoms with Gasteiger partial charge in [-0.1, -0.05) is 0 Å². The highest BCUT2D eigenvalue weighted by molar-refractivity contribution is 8.36. The fourth-order valence-corrected chi connectivity index (χ4v) is 1.99. The number of aliphatic hydroxyl groups is 4. The molecule has 5 N–H and O–H groups in total. The van der Waals surface area contributed by atoms with Crippen molar-refractivity contribution >= 4 is 26.2 Å². The molecule has 3 atom stereocenters. The minimum Gasteiger partial charge on any atom is -0.508 e. The molecule has 1 unspecified atom stereocenters. The molecule has 0 aromatic heterocycles. The molecule has 0 aliphatic rings. The lowest BCUT2D eigenvalue weighted by molar-refractivity contribution is -0.121. The third kappa shape index (κ3) is 9.58. The molecule has 0 spiro atoms. The average molecular weight is 357 g/mol. The second kappa shape index (κ2) is 13.1. The van der Waals surface area contributed by atoms with Crippen LogP contribution in [0.4, 0.5) is 0 Å². The molecule has 0 aromatic carbocycles. The standard InChI is InChI=1S/C12H24NO7PS/c1-8(15)13-10(11(17)9(16)4-5-14)12(18)19-6-2-3-7-20-21-22/h9,12,14,16-18,21-22H,2-7H2,1H3,(H,13,15)/b11-10-/t9-,12-/m0/s1. The van der Waals surface area contributed by atoms with Gasteiger partial charge >= 0.3 is 0 Å². The van der Waals surface area contributed by atoms with Crippen LogP contribution in [0.2, 0.25) is 0 Å². The topological polar surface area (TPSA) is 128 Å². The Morgan fingerprint density at radius 3 is 2.50 bits per heavy atom. The van der Waals surface area contributed by atoms with Crippen LogP contribution in [-0.2, 0) is 14.1 Å². The van der Waals surface area contributed by atoms with Crippen LogP contribution in [0.3, 0.4) is 0 Å². The van der Waals surface area contributed by atoms with Gasteiger partial charge in [-0.25, -0.2) is 0 Å². The molecule has 0 saturated carbocycles. The zero-order valence-electron chi connectivity index (χ0n) is 12.4. The summed E-state index contributed by atoms with van der Waals surface area (Å²) in [5.74, 6) is -1.18. The summed E-state index contributed by atoms with van der Waals surface area (Å²) in [7, 11) is 0.119. The first-order chi connectivity index (χ1) is 10.4. The molecule has 0 saturated heterocycles. The van der Waals surface area contributed by atoms with Crippen molar-refractivity contribution in [2.24, 2.45) is 0 Å². The van der Waals surface area contributed by atoms with E-state index in [1.807, 2.05) is 0 Å². The number of unbranched alkanes of at least 4 members (excludes halogenated alkanes) is 1. The summed E-state index contributed by atoms with van der Waals surface area (Å²) >= 11 is 3.91. The summed E-state index contributed by atoms with van der Waals surface area (Å²) in [6.45, 7) is 1.53. The number of aliphatic hydroxyl groups excluding tert-OH is 4. The Bertz CT molecular complexity index is 356. The molecule has 0 aliphatic heterocycles. The Hall–Kier alpha value is -0.410. The van der Waals surface area contributed by atoms with Crippen LogP contribution in [0.15, 0.2) is 11.5 Å². The van der Waals surface area contributed by atoms with E-state index in [-0.39, 0.29) is 33.3 Å². The highest BCUT2D eigenvalue weighted by Gasteiger charge is 2.22. The van der Waals surface area contributed by atoms with E-state index in [0.717, 1.165) is 0 Å². The molecule has 0 bridgehead atoms. The smallest absolute Gasteiger partial charge is 0.221 e. The number of carbonyl (C=O) groups is 1. The maximum absolute atomic E-state index is 11.1. The van der Waals surface area contributed by atoms with Gasteiger partial charge in [0.05, 0.1) is 21.2 Å². The third-order valence-corrected chi connectivity index (χ3v) is 3.25. The maximum Gasteiger partial charge on any atom is 0.221 e. The number of hydrogen-bond acceptors (Lipinski definition) is 8. The maximum atomic E-state index is 11.1. The molecule has 1 amide bonds. The van der Waals surface area contributed by atoms with Gasteiger partial charge in [0.15, 0.2) is 6.29 Å². The second-order valence-corrected chi connectivity index (χ2v) is 5.40. The average Bonchev–Trinajstić information content (AvgIpc) is 2.47. The van der Waals surface area contributed by atoms with Gasteiger partial charge in [-0.05, 0) is 12.8 Å². The highest BCUT2D eigenvalue weighted by Crippen LogP contribution is 2.16. The van der Waals surface area contributed by atoms with E-state index in [2.05, 4.69) is 17.6 Å². The van der Waals surface area contributed by atoms with Crippen LogP contribution in [0.1, 0.15) is 26.2 Å². The molecule has 0 aliphatic carbocycles. The summed E-state index contributed by atoms with van der Waals surface area (Å²) in [6.07, 6.45) is -1.83. The highest BCUT2D eigenvalue weighted by atomic mass is 32.7. The van der Waals surface area contributed by atoms with E-state index < -0.39 is 24.1 Å². The van der Waals surface area contributed by atoms with Crippen molar-refractivity contribution < 1.29 is 34.5 Å². The SMILES string of the molecule is CC(=O)N/C(=C(\O)[C@@H](O)CCO)[C@@H](O)OCCCCOPS. The van der Waals surface area contributed by atoms with E-state index in [1.165, 1.54) is 6.92 Å². The Kier molecular flexibility index (Phi) is 12.8. The van der Waals surface area contributed by atoms with E-state index in [0.29, 0.717) is 19.4 Å². The molecular formula is C12H24NO7PS. The van der Waals surface area contributed by atoms with Crippen LogP contribution in [0.25, 0.3) is 0 Å². The number of rotatable bonds is 12. The number of nitrogens with one attached hydrogen (secondary N) is 1. The first kappa shape index (κ1) is 21.6. The lowest BCUT2D eigenvalue weighted by atomic mass is 10.2. The van der Waals surface area contributed by atoms with E-state index in [9.17, 15) is 20.1 Å². The summed E-state index contributed by atoms with van der Waals surface area (Å²) in [4.78, 5) is 11.1. The van der Waals surface area contributed by atoms with E-state index in [1.54, 1.807) is 0 Å². The van der Waals surface area contributed by atoms with Crippen LogP contribution in [0.5, 0.6) is 0 Å². The zero-order chi connectivity index (χ0) is 17.0. The zero-order valence-corrected chi connectivity index (χ0v) is 14.3. The van der Waals surface area contributed by atoms with Crippen molar-refractivity contribution in [3.63, 3.8) is 0 Å². The molecule has 0 heterocycles. The lowest BCUT2D eigenvalue weighted by Gasteiger charge is -2.20. The van der Waals surface area contributed by atoms with E-state index in [4.69, 9.17) is 14.4 Å². The number of ether oxygens (including phenoxy) is 1. The monoisotopic (exact) mass is 357 g/mol. The van der Waals surface area contributed by atoms with Gasteiger partial charge in [0, 0.05) is 20.0 Å². The molecule has 0 aromatic rings. The van der Waals surface area contributed by atoms with Crippen molar-refractivity contribution in [2.45, 2.75) is 38.6 Å². The van der Waals surface area contributed by atoms with Gasteiger partial charge in [0.1, 0.15) is 17.6 Å². The normalized spacial score (nSPS) is 15.7. The molecule has 130 valence electrons. The fourth-order valence-electron chi connectivity index (χ4n) is 1.48. The number of amides is 1. The summed E-state index contributed by atoms with van der Waals surface area (Å²) < 4.78 is 10.2. The second-order valence-electron chi connectivity index (χ2n) is 4.38. The summed E-state index contributed by atoms with van der Waals surface area (Å²) in [5.41, 5.74) is -0.332. The molecule has 0 radical (unpaired) electrons. The first-order valence-corrected chi connectivity index (χ1v) is 8.93. The van der Waals surface area contributed by atoms with Crippen molar-refractivity contribution in [3.05, 3.63) is 11.5 Å². The Morgan fingerprint density at radius 2 is 1.95 bits per heavy atom. The van der Waals surface area contributed by atoms with E-state index >= 15 is 0 Å². The Balaban J connectivity index is 4.54.